The van der Waals surface area contributed by atoms with Crippen LogP contribution in [0.3, 0.4) is 0 Å². The van der Waals surface area contributed by atoms with Crippen molar-refractivity contribution >= 4 is 5.91 Å². The van der Waals surface area contributed by atoms with Crippen molar-refractivity contribution in [2.75, 3.05) is 32.7 Å². The van der Waals surface area contributed by atoms with Crippen molar-refractivity contribution in [1.82, 2.24) is 9.80 Å². The number of nitrogens with zero attached hydrogens (tertiary/aromatic N) is 2. The van der Waals surface area contributed by atoms with Gasteiger partial charge in [-0.05, 0) is 24.9 Å². The summed E-state index contributed by atoms with van der Waals surface area (Å²) in [5, 5.41) is 0. The summed E-state index contributed by atoms with van der Waals surface area (Å²) in [6.07, 6.45) is -0.626. The summed E-state index contributed by atoms with van der Waals surface area (Å²) in [7, 11) is 0. The fourth-order valence-corrected chi connectivity index (χ4v) is 2.66. The molecule has 4 nitrogen and oxygen atoms in total. The topological polar surface area (TPSA) is 36.7 Å². The number of alkyl halides is 3. The van der Waals surface area contributed by atoms with Crippen molar-refractivity contribution in [3.05, 3.63) is 24.2 Å². The lowest BCUT2D eigenvalue weighted by molar-refractivity contribution is -0.146. The predicted octanol–water partition coefficient (Wildman–Crippen LogP) is 2.63. The number of amides is 1. The zero-order chi connectivity index (χ0) is 15.5. The molecule has 0 bridgehead atoms. The lowest BCUT2D eigenvalue weighted by Crippen LogP contribution is -2.38. The van der Waals surface area contributed by atoms with Crippen LogP contribution in [0.15, 0.2) is 23.0 Å². The summed E-state index contributed by atoms with van der Waals surface area (Å²) in [6.45, 7) is 2.62. The van der Waals surface area contributed by atoms with Crippen LogP contribution in [0.4, 0.5) is 13.2 Å². The Morgan fingerprint density at radius 2 is 2.29 bits per heavy atom. The third-order valence-electron chi connectivity index (χ3n) is 3.71. The highest BCUT2D eigenvalue weighted by atomic mass is 19.4. The van der Waals surface area contributed by atoms with Crippen LogP contribution in [0.5, 0.6) is 0 Å². The van der Waals surface area contributed by atoms with Crippen LogP contribution in [0.1, 0.15) is 23.7 Å². The van der Waals surface area contributed by atoms with Gasteiger partial charge >= 0.3 is 6.18 Å². The van der Waals surface area contributed by atoms with Crippen LogP contribution in [-0.4, -0.2) is 54.6 Å². The Balaban J connectivity index is 1.86. The average molecular weight is 304 g/mol. The second-order valence-corrected chi connectivity index (χ2v) is 5.36. The highest BCUT2D eigenvalue weighted by Gasteiger charge is 2.33. The maximum atomic E-state index is 12.4. The monoisotopic (exact) mass is 304 g/mol. The number of hydrogen-bond acceptors (Lipinski definition) is 3. The smallest absolute Gasteiger partial charge is 0.401 e. The first-order valence-corrected chi connectivity index (χ1v) is 6.99. The normalized spacial score (nSPS) is 19.5. The quantitative estimate of drug-likeness (QED) is 0.839. The standard InChI is InChI=1S/C14H19F3N2O2/c1-2-18(10-14(15,16)17)7-11-3-5-19(8-11)13(20)12-4-6-21-9-12/h4,6,9,11H,2-3,5,7-8,10H2,1H3/t11-/m1/s1. The first-order chi connectivity index (χ1) is 9.89. The molecule has 0 aliphatic carbocycles. The van der Waals surface area contributed by atoms with E-state index in [-0.39, 0.29) is 11.8 Å². The molecule has 0 spiro atoms. The van der Waals surface area contributed by atoms with E-state index in [1.807, 2.05) is 0 Å². The van der Waals surface area contributed by atoms with Crippen molar-refractivity contribution in [2.45, 2.75) is 19.5 Å². The molecule has 1 fully saturated rings. The first-order valence-electron chi connectivity index (χ1n) is 6.99. The Morgan fingerprint density at radius 1 is 1.52 bits per heavy atom. The maximum absolute atomic E-state index is 12.4. The van der Waals surface area contributed by atoms with Gasteiger partial charge in [0, 0.05) is 19.6 Å². The molecule has 0 saturated carbocycles. The van der Waals surface area contributed by atoms with Gasteiger partial charge in [0.15, 0.2) is 0 Å². The van der Waals surface area contributed by atoms with Gasteiger partial charge in [-0.2, -0.15) is 13.2 Å². The summed E-state index contributed by atoms with van der Waals surface area (Å²) in [5.41, 5.74) is 0.485. The van der Waals surface area contributed by atoms with Crippen LogP contribution < -0.4 is 0 Å². The summed E-state index contributed by atoms with van der Waals surface area (Å²) in [4.78, 5) is 15.2. The molecule has 7 heteroatoms. The van der Waals surface area contributed by atoms with Gasteiger partial charge in [0.05, 0.1) is 18.4 Å². The maximum Gasteiger partial charge on any atom is 0.401 e. The molecule has 1 aliphatic heterocycles. The van der Waals surface area contributed by atoms with Crippen LogP contribution >= 0.6 is 0 Å². The summed E-state index contributed by atoms with van der Waals surface area (Å²) in [5.74, 6) is -0.0340. The van der Waals surface area contributed by atoms with Gasteiger partial charge in [0.2, 0.25) is 0 Å². The molecule has 21 heavy (non-hydrogen) atoms. The van der Waals surface area contributed by atoms with Crippen molar-refractivity contribution in [2.24, 2.45) is 5.92 Å². The highest BCUT2D eigenvalue weighted by Crippen LogP contribution is 2.22. The molecule has 1 aromatic rings. The number of halogens is 3. The Bertz CT molecular complexity index is 459. The van der Waals surface area contributed by atoms with Gasteiger partial charge in [-0.1, -0.05) is 6.92 Å². The largest absolute Gasteiger partial charge is 0.472 e. The van der Waals surface area contributed by atoms with Crippen molar-refractivity contribution in [3.63, 3.8) is 0 Å². The number of hydrogen-bond donors (Lipinski definition) is 0. The minimum atomic E-state index is -4.18. The van der Waals surface area contributed by atoms with E-state index in [1.165, 1.54) is 17.4 Å². The van der Waals surface area contributed by atoms with E-state index in [9.17, 15) is 18.0 Å². The molecular weight excluding hydrogens is 285 g/mol. The molecule has 0 aromatic carbocycles. The second-order valence-electron chi connectivity index (χ2n) is 5.36. The molecule has 1 atom stereocenters. The fourth-order valence-electron chi connectivity index (χ4n) is 2.66. The van der Waals surface area contributed by atoms with Gasteiger partial charge < -0.3 is 9.32 Å². The van der Waals surface area contributed by atoms with E-state index in [2.05, 4.69) is 0 Å². The number of carbonyl (C=O) groups is 1. The minimum Gasteiger partial charge on any atom is -0.472 e. The predicted molar refractivity (Wildman–Crippen MR) is 70.9 cm³/mol. The Labute approximate surface area is 121 Å². The first kappa shape index (κ1) is 15.9. The zero-order valence-electron chi connectivity index (χ0n) is 11.9. The van der Waals surface area contributed by atoms with Gasteiger partial charge in [0.25, 0.3) is 5.91 Å². The molecule has 0 N–H and O–H groups in total. The molecule has 1 aromatic heterocycles. The van der Waals surface area contributed by atoms with E-state index in [0.29, 0.717) is 31.7 Å². The highest BCUT2D eigenvalue weighted by molar-refractivity contribution is 5.93. The molecule has 1 amide bonds. The molecule has 118 valence electrons. The number of rotatable bonds is 5. The molecule has 0 radical (unpaired) electrons. The zero-order valence-corrected chi connectivity index (χ0v) is 11.9. The molecule has 2 rings (SSSR count). The summed E-state index contributed by atoms with van der Waals surface area (Å²) < 4.78 is 42.2. The lowest BCUT2D eigenvalue weighted by Gasteiger charge is -2.25. The van der Waals surface area contributed by atoms with Crippen molar-refractivity contribution in [1.29, 1.82) is 0 Å². The molecule has 1 aliphatic rings. The third kappa shape index (κ3) is 4.49. The van der Waals surface area contributed by atoms with E-state index in [1.54, 1.807) is 17.9 Å². The van der Waals surface area contributed by atoms with Gasteiger partial charge in [-0.3, -0.25) is 9.69 Å². The molecule has 2 heterocycles. The van der Waals surface area contributed by atoms with Crippen LogP contribution in [-0.2, 0) is 0 Å². The van der Waals surface area contributed by atoms with E-state index in [4.69, 9.17) is 4.42 Å². The van der Waals surface area contributed by atoms with E-state index >= 15 is 0 Å². The van der Waals surface area contributed by atoms with Crippen LogP contribution in [0.2, 0.25) is 0 Å². The fraction of sp³-hybridized carbons (Fsp3) is 0.643. The van der Waals surface area contributed by atoms with E-state index < -0.39 is 12.7 Å². The van der Waals surface area contributed by atoms with Crippen LogP contribution in [0.25, 0.3) is 0 Å². The average Bonchev–Trinajstić information content (AvgIpc) is 3.06. The Morgan fingerprint density at radius 3 is 2.86 bits per heavy atom. The summed E-state index contributed by atoms with van der Waals surface area (Å²) in [6, 6.07) is 1.59. The van der Waals surface area contributed by atoms with Crippen LogP contribution in [0, 0.1) is 5.92 Å². The SMILES string of the molecule is CCN(C[C@H]1CCN(C(=O)c2ccoc2)C1)CC(F)(F)F. The van der Waals surface area contributed by atoms with E-state index in [0.717, 1.165) is 6.42 Å². The van der Waals surface area contributed by atoms with Gasteiger partial charge in [-0.15, -0.1) is 0 Å². The Hall–Kier alpha value is -1.50. The second kappa shape index (κ2) is 6.51. The molecule has 0 unspecified atom stereocenters. The number of likely N-dealkylation sites (tertiary alicyclic amines) is 1. The Kier molecular flexibility index (Phi) is 4.92. The minimum absolute atomic E-state index is 0.0863. The van der Waals surface area contributed by atoms with Crippen molar-refractivity contribution in [3.8, 4) is 0 Å². The molecule has 1 saturated heterocycles. The lowest BCUT2D eigenvalue weighted by atomic mass is 10.1. The van der Waals surface area contributed by atoms with Gasteiger partial charge in [0.1, 0.15) is 6.26 Å². The third-order valence-corrected chi connectivity index (χ3v) is 3.71. The number of furan rings is 1. The van der Waals surface area contributed by atoms with Gasteiger partial charge in [-0.25, -0.2) is 0 Å². The summed E-state index contributed by atoms with van der Waals surface area (Å²) >= 11 is 0. The number of carbonyl (C=O) groups excluding carboxylic acids is 1. The van der Waals surface area contributed by atoms with Crippen molar-refractivity contribution < 1.29 is 22.4 Å². The molecular formula is C14H19F3N2O2.